The molecule has 1 heterocycles. The second kappa shape index (κ2) is 12.2. The Morgan fingerprint density at radius 1 is 0.408 bits per heavy atom. The minimum Gasteiger partial charge on any atom is -0.232 e. The molecule has 49 heavy (non-hydrogen) atoms. The second-order valence-corrected chi connectivity index (χ2v) is 12.9. The Kier molecular flexibility index (Phi) is 7.21. The molecule has 0 atom stereocenters. The number of aliphatic imine (C=N–C) groups is 2. The monoisotopic (exact) mass is 626 g/mol. The van der Waals surface area contributed by atoms with E-state index in [9.17, 15) is 0 Å². The molecule has 1 aliphatic heterocycles. The van der Waals surface area contributed by atoms with Crippen LogP contribution in [0.5, 0.6) is 0 Å². The van der Waals surface area contributed by atoms with E-state index in [-0.39, 0.29) is 0 Å². The predicted molar refractivity (Wildman–Crippen MR) is 210 cm³/mol. The summed E-state index contributed by atoms with van der Waals surface area (Å²) in [6, 6.07) is 59.0. The van der Waals surface area contributed by atoms with Crippen LogP contribution in [0.4, 0.5) is 0 Å². The molecule has 0 spiro atoms. The lowest BCUT2D eigenvalue weighted by Gasteiger charge is -2.12. The van der Waals surface area contributed by atoms with Crippen LogP contribution >= 0.6 is 0 Å². The molecule has 2 nitrogen and oxygen atoms in total. The zero-order valence-electron chi connectivity index (χ0n) is 27.4. The average molecular weight is 627 g/mol. The Bertz CT molecular complexity index is 2640. The highest BCUT2D eigenvalue weighted by molar-refractivity contribution is 6.20. The number of amidine groups is 1. The van der Waals surface area contributed by atoms with Crippen molar-refractivity contribution in [1.82, 2.24) is 0 Å². The highest BCUT2D eigenvalue weighted by Crippen LogP contribution is 2.35. The molecule has 0 aromatic heterocycles. The Hall–Kier alpha value is -6.12. The summed E-state index contributed by atoms with van der Waals surface area (Å²) < 4.78 is 0. The SMILES string of the molecule is CCC1=C(c2ccc(-c3ccc4ccccc4c3)cc2)N=C(c2ccc3c(ccc4c5ccccc5ccc34)c2)N=C(c2ccccc2)C1. The molecule has 0 radical (unpaired) electrons. The van der Waals surface area contributed by atoms with E-state index in [2.05, 4.69) is 171 Å². The summed E-state index contributed by atoms with van der Waals surface area (Å²) in [5.41, 5.74) is 9.02. The van der Waals surface area contributed by atoms with Gasteiger partial charge >= 0.3 is 0 Å². The molecule has 232 valence electrons. The second-order valence-electron chi connectivity index (χ2n) is 12.9. The first-order valence-electron chi connectivity index (χ1n) is 17.1. The number of hydrogen-bond acceptors (Lipinski definition) is 2. The van der Waals surface area contributed by atoms with Crippen molar-refractivity contribution in [1.29, 1.82) is 0 Å². The van der Waals surface area contributed by atoms with E-state index in [1.54, 1.807) is 0 Å². The highest BCUT2D eigenvalue weighted by Gasteiger charge is 2.19. The molecule has 0 aliphatic carbocycles. The van der Waals surface area contributed by atoms with Crippen LogP contribution in [0, 0.1) is 0 Å². The molecule has 8 aromatic carbocycles. The van der Waals surface area contributed by atoms with Crippen LogP contribution in [0.3, 0.4) is 0 Å². The summed E-state index contributed by atoms with van der Waals surface area (Å²) in [6.07, 6.45) is 1.64. The third kappa shape index (κ3) is 5.32. The van der Waals surface area contributed by atoms with Gasteiger partial charge < -0.3 is 0 Å². The van der Waals surface area contributed by atoms with Gasteiger partial charge in [0.2, 0.25) is 0 Å². The van der Waals surface area contributed by atoms with Crippen molar-refractivity contribution in [3.63, 3.8) is 0 Å². The van der Waals surface area contributed by atoms with Gasteiger partial charge in [0.15, 0.2) is 5.84 Å². The zero-order chi connectivity index (χ0) is 32.7. The number of nitrogens with zero attached hydrogens (tertiary/aromatic N) is 2. The summed E-state index contributed by atoms with van der Waals surface area (Å²) in [5, 5.41) is 10.0. The van der Waals surface area contributed by atoms with Crippen molar-refractivity contribution in [2.75, 3.05) is 0 Å². The van der Waals surface area contributed by atoms with Crippen LogP contribution < -0.4 is 0 Å². The van der Waals surface area contributed by atoms with Crippen molar-refractivity contribution < 1.29 is 0 Å². The molecular formula is C47H34N2. The highest BCUT2D eigenvalue weighted by atomic mass is 14.9. The van der Waals surface area contributed by atoms with E-state index in [1.165, 1.54) is 59.8 Å². The van der Waals surface area contributed by atoms with Gasteiger partial charge in [-0.05, 0) is 83.9 Å². The van der Waals surface area contributed by atoms with Crippen LogP contribution in [0.1, 0.15) is 36.5 Å². The van der Waals surface area contributed by atoms with Crippen molar-refractivity contribution >= 4 is 60.3 Å². The molecule has 9 rings (SSSR count). The van der Waals surface area contributed by atoms with Crippen LogP contribution in [0.2, 0.25) is 0 Å². The lowest BCUT2D eigenvalue weighted by atomic mass is 9.95. The van der Waals surface area contributed by atoms with Crippen LogP contribution in [0.25, 0.3) is 59.9 Å². The summed E-state index contributed by atoms with van der Waals surface area (Å²) in [6.45, 7) is 2.23. The van der Waals surface area contributed by atoms with Gasteiger partial charge in [0, 0.05) is 17.5 Å². The largest absolute Gasteiger partial charge is 0.232 e. The van der Waals surface area contributed by atoms with Crippen molar-refractivity contribution in [3.05, 3.63) is 186 Å². The number of rotatable bonds is 5. The summed E-state index contributed by atoms with van der Waals surface area (Å²) >= 11 is 0. The number of allylic oxidation sites excluding steroid dienone is 1. The molecule has 8 aromatic rings. The molecule has 0 saturated heterocycles. The maximum Gasteiger partial charge on any atom is 0.160 e. The molecule has 0 fully saturated rings. The van der Waals surface area contributed by atoms with Gasteiger partial charge in [-0.1, -0.05) is 159 Å². The average Bonchev–Trinajstić information content (AvgIpc) is 3.38. The zero-order valence-corrected chi connectivity index (χ0v) is 27.4. The molecule has 0 unspecified atom stereocenters. The smallest absolute Gasteiger partial charge is 0.160 e. The first kappa shape index (κ1) is 29.1. The molecule has 0 N–H and O–H groups in total. The molecule has 0 saturated carbocycles. The fraction of sp³-hybridized carbons (Fsp3) is 0.0638. The quantitative estimate of drug-likeness (QED) is 0.170. The van der Waals surface area contributed by atoms with Crippen molar-refractivity contribution in [2.24, 2.45) is 9.98 Å². The molecule has 0 amide bonds. The summed E-state index contributed by atoms with van der Waals surface area (Å²) in [5.74, 6) is 0.747. The number of hydrogen-bond donors (Lipinski definition) is 0. The Labute approximate surface area is 286 Å². The molecule has 0 bridgehead atoms. The molecule has 1 aliphatic rings. The summed E-state index contributed by atoms with van der Waals surface area (Å²) in [4.78, 5) is 10.7. The van der Waals surface area contributed by atoms with Crippen LogP contribution in [-0.4, -0.2) is 11.5 Å². The van der Waals surface area contributed by atoms with Crippen LogP contribution in [0.15, 0.2) is 179 Å². The minimum absolute atomic E-state index is 0.747. The van der Waals surface area contributed by atoms with Gasteiger partial charge in [0.05, 0.1) is 11.4 Å². The Morgan fingerprint density at radius 2 is 0.980 bits per heavy atom. The lowest BCUT2D eigenvalue weighted by Crippen LogP contribution is -2.06. The van der Waals surface area contributed by atoms with Crippen molar-refractivity contribution in [3.8, 4) is 11.1 Å². The molecule has 2 heteroatoms. The van der Waals surface area contributed by atoms with Gasteiger partial charge in [-0.15, -0.1) is 0 Å². The summed E-state index contributed by atoms with van der Waals surface area (Å²) in [7, 11) is 0. The first-order chi connectivity index (χ1) is 24.2. The Balaban J connectivity index is 1.16. The Morgan fingerprint density at radius 3 is 1.78 bits per heavy atom. The van der Waals surface area contributed by atoms with E-state index >= 15 is 0 Å². The van der Waals surface area contributed by atoms with Gasteiger partial charge in [-0.3, -0.25) is 0 Å². The normalized spacial score (nSPS) is 13.6. The topological polar surface area (TPSA) is 24.7 Å². The van der Waals surface area contributed by atoms with E-state index in [1.807, 2.05) is 0 Å². The third-order valence-electron chi connectivity index (χ3n) is 9.95. The molecular weight excluding hydrogens is 593 g/mol. The standard InChI is InChI=1S/C47H34N2/c1-2-31-30-45(35-12-4-3-5-13-35)48-47(40-24-25-42-39(29-40)23-27-43-41-15-9-8-11-34(41)22-26-44(42)43)49-46(31)36-19-16-33(17-20-36)38-21-18-32-10-6-7-14-37(32)28-38/h3-29H,2,30H2,1H3. The van der Waals surface area contributed by atoms with Gasteiger partial charge in [-0.2, -0.15) is 0 Å². The minimum atomic E-state index is 0.747. The lowest BCUT2D eigenvalue weighted by molar-refractivity contribution is 1.05. The van der Waals surface area contributed by atoms with Gasteiger partial charge in [-0.25, -0.2) is 9.98 Å². The number of benzene rings is 8. The fourth-order valence-corrected chi connectivity index (χ4v) is 7.31. The fourth-order valence-electron chi connectivity index (χ4n) is 7.31. The van der Waals surface area contributed by atoms with Crippen molar-refractivity contribution in [2.45, 2.75) is 19.8 Å². The van der Waals surface area contributed by atoms with Crippen LogP contribution in [-0.2, 0) is 0 Å². The predicted octanol–water partition coefficient (Wildman–Crippen LogP) is 12.4. The van der Waals surface area contributed by atoms with E-state index < -0.39 is 0 Å². The van der Waals surface area contributed by atoms with Gasteiger partial charge in [0.25, 0.3) is 0 Å². The van der Waals surface area contributed by atoms with E-state index in [4.69, 9.17) is 9.98 Å². The maximum absolute atomic E-state index is 5.41. The maximum atomic E-state index is 5.41. The number of fused-ring (bicyclic) bond motifs is 6. The van der Waals surface area contributed by atoms with E-state index in [0.29, 0.717) is 0 Å². The van der Waals surface area contributed by atoms with E-state index in [0.717, 1.165) is 46.8 Å². The third-order valence-corrected chi connectivity index (χ3v) is 9.95. The van der Waals surface area contributed by atoms with Gasteiger partial charge in [0.1, 0.15) is 0 Å². The first-order valence-corrected chi connectivity index (χ1v) is 17.1.